The van der Waals surface area contributed by atoms with Gasteiger partial charge in [-0.25, -0.2) is 8.42 Å². The summed E-state index contributed by atoms with van der Waals surface area (Å²) in [4.78, 5) is 28.0. The number of nitrogens with zero attached hydrogens (tertiary/aromatic N) is 1. The van der Waals surface area contributed by atoms with Gasteiger partial charge in [0.25, 0.3) is 5.56 Å². The van der Waals surface area contributed by atoms with Crippen molar-refractivity contribution in [2.45, 2.75) is 31.3 Å². The first-order valence-corrected chi connectivity index (χ1v) is 11.2. The summed E-state index contributed by atoms with van der Waals surface area (Å²) in [6.07, 6.45) is 3.98. The van der Waals surface area contributed by atoms with Gasteiger partial charge in [-0.3, -0.25) is 9.59 Å². The second kappa shape index (κ2) is 6.59. The lowest BCUT2D eigenvalue weighted by molar-refractivity contribution is -0.128. The predicted octanol–water partition coefficient (Wildman–Crippen LogP) is 2.47. The highest BCUT2D eigenvalue weighted by atomic mass is 32.2. The van der Waals surface area contributed by atoms with E-state index < -0.39 is 15.9 Å². The van der Waals surface area contributed by atoms with E-state index in [2.05, 4.69) is 4.98 Å². The lowest BCUT2D eigenvalue weighted by Crippen LogP contribution is -2.37. The van der Waals surface area contributed by atoms with Crippen LogP contribution in [-0.2, 0) is 28.1 Å². The third-order valence-corrected chi connectivity index (χ3v) is 6.38. The number of nitrogens with one attached hydrogen (secondary N) is 1. The fourth-order valence-electron chi connectivity index (χ4n) is 3.82. The van der Waals surface area contributed by atoms with Crippen LogP contribution in [-0.4, -0.2) is 36.1 Å². The smallest absolute Gasteiger partial charge is 0.274 e. The van der Waals surface area contributed by atoms with E-state index in [4.69, 9.17) is 4.74 Å². The number of carbonyl (C=O) groups excluding carboxylic acids is 1. The minimum absolute atomic E-state index is 0.0227. The number of carbonyl (C=O) groups is 1. The predicted molar refractivity (Wildman–Crippen MR) is 110 cm³/mol. The molecular formula is C21H22N2O5S. The van der Waals surface area contributed by atoms with E-state index in [1.165, 1.54) is 10.6 Å². The quantitative estimate of drug-likeness (QED) is 0.710. The van der Waals surface area contributed by atoms with Gasteiger partial charge < -0.3 is 14.3 Å². The second-order valence-electron chi connectivity index (χ2n) is 7.88. The van der Waals surface area contributed by atoms with Crippen molar-refractivity contribution in [1.29, 1.82) is 0 Å². The van der Waals surface area contributed by atoms with E-state index in [9.17, 15) is 18.0 Å². The number of benzene rings is 1. The number of H-pyrrole nitrogens is 1. The van der Waals surface area contributed by atoms with Gasteiger partial charge in [0.1, 0.15) is 11.3 Å². The molecule has 1 atom stereocenters. The largest absolute Gasteiger partial charge is 0.481 e. The van der Waals surface area contributed by atoms with Crippen molar-refractivity contribution < 1.29 is 17.9 Å². The number of ketones is 1. The van der Waals surface area contributed by atoms with Crippen LogP contribution in [0.2, 0.25) is 0 Å². The van der Waals surface area contributed by atoms with Gasteiger partial charge in [0, 0.05) is 54.2 Å². The van der Waals surface area contributed by atoms with Crippen LogP contribution in [0.1, 0.15) is 19.4 Å². The number of sulfone groups is 1. The highest BCUT2D eigenvalue weighted by molar-refractivity contribution is 7.90. The Labute approximate surface area is 168 Å². The molecule has 4 rings (SSSR count). The fourth-order valence-corrected chi connectivity index (χ4v) is 4.51. The number of aryl methyl sites for hydroxylation is 1. The van der Waals surface area contributed by atoms with Gasteiger partial charge in [-0.2, -0.15) is 0 Å². The zero-order valence-corrected chi connectivity index (χ0v) is 17.5. The molecule has 3 heterocycles. The van der Waals surface area contributed by atoms with Crippen molar-refractivity contribution in [1.82, 2.24) is 9.55 Å². The van der Waals surface area contributed by atoms with Crippen molar-refractivity contribution in [3.63, 3.8) is 0 Å². The third-order valence-electron chi connectivity index (χ3n) is 5.28. The molecule has 0 spiro atoms. The molecule has 152 valence electrons. The summed E-state index contributed by atoms with van der Waals surface area (Å²) in [5.74, 6) is 0.402. The molecule has 1 N–H and O–H groups in total. The molecule has 0 fully saturated rings. The average Bonchev–Trinajstić information content (AvgIpc) is 3.12. The highest BCUT2D eigenvalue weighted by Crippen LogP contribution is 2.42. The maximum atomic E-state index is 12.6. The summed E-state index contributed by atoms with van der Waals surface area (Å²) in [5.41, 5.74) is 2.01. The summed E-state index contributed by atoms with van der Waals surface area (Å²) >= 11 is 0. The topological polar surface area (TPSA) is 98.2 Å². The Hall–Kier alpha value is -2.87. The summed E-state index contributed by atoms with van der Waals surface area (Å²) in [7, 11) is -1.88. The van der Waals surface area contributed by atoms with Crippen LogP contribution < -0.4 is 10.3 Å². The van der Waals surface area contributed by atoms with Crippen LogP contribution in [0.5, 0.6) is 5.75 Å². The van der Waals surface area contributed by atoms with Gasteiger partial charge in [0.2, 0.25) is 0 Å². The van der Waals surface area contributed by atoms with Gasteiger partial charge in [-0.1, -0.05) is 13.8 Å². The molecule has 2 aromatic heterocycles. The first-order chi connectivity index (χ1) is 13.6. The number of pyridine rings is 1. The van der Waals surface area contributed by atoms with E-state index in [-0.39, 0.29) is 28.6 Å². The molecule has 0 saturated heterocycles. The summed E-state index contributed by atoms with van der Waals surface area (Å²) in [6, 6.07) is 4.85. The second-order valence-corrected chi connectivity index (χ2v) is 9.90. The van der Waals surface area contributed by atoms with E-state index in [1.54, 1.807) is 31.6 Å². The Bertz CT molecular complexity index is 1310. The average molecular weight is 414 g/mol. The molecule has 3 aromatic rings. The lowest BCUT2D eigenvalue weighted by Gasteiger charge is -2.30. The Morgan fingerprint density at radius 2 is 1.93 bits per heavy atom. The van der Waals surface area contributed by atoms with Crippen LogP contribution in [0.25, 0.3) is 22.0 Å². The van der Waals surface area contributed by atoms with Crippen LogP contribution >= 0.6 is 0 Å². The number of hydrogen-bond acceptors (Lipinski definition) is 5. The molecule has 1 aliphatic heterocycles. The Kier molecular flexibility index (Phi) is 4.42. The van der Waals surface area contributed by atoms with Crippen LogP contribution in [0.4, 0.5) is 0 Å². The van der Waals surface area contributed by atoms with Crippen molar-refractivity contribution >= 4 is 26.5 Å². The normalized spacial score (nSPS) is 16.9. The van der Waals surface area contributed by atoms with Crippen LogP contribution in [0, 0.1) is 5.92 Å². The molecule has 1 aromatic carbocycles. The summed E-state index contributed by atoms with van der Waals surface area (Å²) < 4.78 is 32.2. The Balaban J connectivity index is 2.08. The first kappa shape index (κ1) is 19.4. The molecule has 0 unspecified atom stereocenters. The van der Waals surface area contributed by atoms with Crippen LogP contribution in [0.3, 0.4) is 0 Å². The molecule has 0 amide bonds. The van der Waals surface area contributed by atoms with E-state index in [0.717, 1.165) is 6.26 Å². The Morgan fingerprint density at radius 1 is 1.21 bits per heavy atom. The van der Waals surface area contributed by atoms with Gasteiger partial charge in [-0.15, -0.1) is 0 Å². The molecular weight excluding hydrogens is 392 g/mol. The molecule has 29 heavy (non-hydrogen) atoms. The zero-order chi connectivity index (χ0) is 21.1. The Morgan fingerprint density at radius 3 is 2.59 bits per heavy atom. The summed E-state index contributed by atoms with van der Waals surface area (Å²) in [6.45, 7) is 3.82. The standard InChI is InChI=1S/C21H22N2O5S/c1-11(2)19-17(24)8-12-7-13(29(4,26)27)9-15(20(12)28-19)16-10-23(3)21(25)18-14(16)5-6-22-18/h5-7,9-11,19,22H,8H2,1-4H3/t19-/m0/s1. The number of ether oxygens (including phenoxy) is 1. The lowest BCUT2D eigenvalue weighted by atomic mass is 9.91. The molecule has 1 aliphatic rings. The first-order valence-electron chi connectivity index (χ1n) is 9.31. The number of Topliss-reactive ketones (excluding diaryl/α,β-unsaturated/α-hetero) is 1. The number of fused-ring (bicyclic) bond motifs is 2. The van der Waals surface area contributed by atoms with E-state index in [1.807, 2.05) is 13.8 Å². The molecule has 0 radical (unpaired) electrons. The number of rotatable bonds is 3. The monoisotopic (exact) mass is 414 g/mol. The van der Waals surface area contributed by atoms with Crippen molar-refractivity contribution in [2.24, 2.45) is 13.0 Å². The molecule has 7 nitrogen and oxygen atoms in total. The molecule has 8 heteroatoms. The molecule has 0 bridgehead atoms. The zero-order valence-electron chi connectivity index (χ0n) is 16.6. The van der Waals surface area contributed by atoms with Crippen molar-refractivity contribution in [3.8, 4) is 16.9 Å². The van der Waals surface area contributed by atoms with E-state index >= 15 is 0 Å². The number of aromatic nitrogens is 2. The van der Waals surface area contributed by atoms with Crippen molar-refractivity contribution in [3.05, 3.63) is 46.5 Å². The van der Waals surface area contributed by atoms with E-state index in [0.29, 0.717) is 33.3 Å². The maximum absolute atomic E-state index is 12.6. The fraction of sp³-hybridized carbons (Fsp3) is 0.333. The highest BCUT2D eigenvalue weighted by Gasteiger charge is 2.33. The third kappa shape index (κ3) is 3.17. The van der Waals surface area contributed by atoms with Gasteiger partial charge in [0.05, 0.1) is 4.90 Å². The van der Waals surface area contributed by atoms with Crippen molar-refractivity contribution in [2.75, 3.05) is 6.26 Å². The molecule has 0 aliphatic carbocycles. The minimum Gasteiger partial charge on any atom is -0.481 e. The van der Waals surface area contributed by atoms with Gasteiger partial charge >= 0.3 is 0 Å². The number of hydrogen-bond donors (Lipinski definition) is 1. The maximum Gasteiger partial charge on any atom is 0.274 e. The van der Waals surface area contributed by atoms with Crippen LogP contribution in [0.15, 0.2) is 40.3 Å². The summed E-state index contributed by atoms with van der Waals surface area (Å²) in [5, 5.41) is 0.669. The van der Waals surface area contributed by atoms with Gasteiger partial charge in [-0.05, 0) is 24.1 Å². The molecule has 0 saturated carbocycles. The minimum atomic E-state index is -3.52. The van der Waals surface area contributed by atoms with Gasteiger partial charge in [0.15, 0.2) is 21.7 Å². The SMILES string of the molecule is CC(C)[C@@H]1Oc2c(cc(S(C)(=O)=O)cc2-c2cn(C)c(=O)c3[nH]ccc23)CC1=O. The number of aromatic amines is 1.